The van der Waals surface area contributed by atoms with Crippen molar-refractivity contribution in [2.24, 2.45) is 0 Å². The maximum absolute atomic E-state index is 13.3. The molecule has 26 heavy (non-hydrogen) atoms. The standard InChI is InChI=1S/C20H17Cl2NO2S/c1-15-7-11-18(12-8-15)23(14-16-9-10-17(21)13-20(16)22)26(24,25)19-5-3-2-4-6-19/h2-13H,14H2,1H3. The Hall–Kier alpha value is -2.01. The van der Waals surface area contributed by atoms with Gasteiger partial charge in [0.15, 0.2) is 0 Å². The zero-order valence-electron chi connectivity index (χ0n) is 14.1. The topological polar surface area (TPSA) is 37.4 Å². The number of hydrogen-bond acceptors (Lipinski definition) is 2. The van der Waals surface area contributed by atoms with Gasteiger partial charge in [0, 0.05) is 10.0 Å². The molecule has 0 aliphatic rings. The van der Waals surface area contributed by atoms with E-state index in [2.05, 4.69) is 0 Å². The number of sulfonamides is 1. The predicted molar refractivity (Wildman–Crippen MR) is 107 cm³/mol. The third-order valence-electron chi connectivity index (χ3n) is 3.98. The molecule has 134 valence electrons. The van der Waals surface area contributed by atoms with Crippen molar-refractivity contribution in [1.82, 2.24) is 0 Å². The first-order valence-corrected chi connectivity index (χ1v) is 10.2. The van der Waals surface area contributed by atoms with Gasteiger partial charge in [0.25, 0.3) is 10.0 Å². The van der Waals surface area contributed by atoms with Crippen LogP contribution in [0, 0.1) is 6.92 Å². The van der Waals surface area contributed by atoms with Crippen LogP contribution in [0.25, 0.3) is 0 Å². The van der Waals surface area contributed by atoms with E-state index in [1.54, 1.807) is 60.7 Å². The van der Waals surface area contributed by atoms with Crippen LogP contribution in [0.3, 0.4) is 0 Å². The Morgan fingerprint density at radius 2 is 1.54 bits per heavy atom. The van der Waals surface area contributed by atoms with Gasteiger partial charge in [0.1, 0.15) is 0 Å². The lowest BCUT2D eigenvalue weighted by molar-refractivity contribution is 0.590. The van der Waals surface area contributed by atoms with E-state index in [1.165, 1.54) is 4.31 Å². The molecule has 0 heterocycles. The third-order valence-corrected chi connectivity index (χ3v) is 6.36. The molecule has 0 atom stereocenters. The second-order valence-corrected chi connectivity index (χ2v) is 8.60. The zero-order valence-corrected chi connectivity index (χ0v) is 16.4. The van der Waals surface area contributed by atoms with Gasteiger partial charge in [0.2, 0.25) is 0 Å². The van der Waals surface area contributed by atoms with Crippen LogP contribution in [-0.4, -0.2) is 8.42 Å². The highest BCUT2D eigenvalue weighted by Gasteiger charge is 2.25. The molecule has 0 aromatic heterocycles. The first-order chi connectivity index (χ1) is 12.4. The third kappa shape index (κ3) is 4.04. The van der Waals surface area contributed by atoms with Crippen molar-refractivity contribution >= 4 is 38.9 Å². The lowest BCUT2D eigenvalue weighted by atomic mass is 10.2. The van der Waals surface area contributed by atoms with Gasteiger partial charge in [-0.25, -0.2) is 8.42 Å². The van der Waals surface area contributed by atoms with Crippen LogP contribution in [0.5, 0.6) is 0 Å². The maximum Gasteiger partial charge on any atom is 0.264 e. The summed E-state index contributed by atoms with van der Waals surface area (Å²) in [5, 5.41) is 0.935. The Morgan fingerprint density at radius 3 is 2.15 bits per heavy atom. The van der Waals surface area contributed by atoms with Gasteiger partial charge in [-0.05, 0) is 48.9 Å². The Bertz CT molecular complexity index is 1000. The van der Waals surface area contributed by atoms with Crippen LogP contribution in [0.4, 0.5) is 5.69 Å². The Kier molecular flexibility index (Phi) is 5.56. The van der Waals surface area contributed by atoms with Crippen LogP contribution in [-0.2, 0) is 16.6 Å². The highest BCUT2D eigenvalue weighted by molar-refractivity contribution is 7.92. The van der Waals surface area contributed by atoms with E-state index < -0.39 is 10.0 Å². The molecule has 3 rings (SSSR count). The summed E-state index contributed by atoms with van der Waals surface area (Å²) < 4.78 is 27.9. The van der Waals surface area contributed by atoms with Gasteiger partial charge in [-0.15, -0.1) is 0 Å². The lowest BCUT2D eigenvalue weighted by Crippen LogP contribution is -2.30. The summed E-state index contributed by atoms with van der Waals surface area (Å²) in [6.07, 6.45) is 0. The molecule has 0 saturated heterocycles. The molecule has 0 spiro atoms. The van der Waals surface area contributed by atoms with Crippen molar-refractivity contribution in [3.63, 3.8) is 0 Å². The number of nitrogens with zero attached hydrogens (tertiary/aromatic N) is 1. The van der Waals surface area contributed by atoms with E-state index in [4.69, 9.17) is 23.2 Å². The minimum Gasteiger partial charge on any atom is -0.262 e. The first-order valence-electron chi connectivity index (χ1n) is 7.96. The van der Waals surface area contributed by atoms with Gasteiger partial charge in [0.05, 0.1) is 17.1 Å². The summed E-state index contributed by atoms with van der Waals surface area (Å²) in [7, 11) is -3.75. The molecular weight excluding hydrogens is 389 g/mol. The zero-order chi connectivity index (χ0) is 18.7. The van der Waals surface area contributed by atoms with Crippen LogP contribution in [0.1, 0.15) is 11.1 Å². The Labute approximate surface area is 163 Å². The molecule has 3 nitrogen and oxygen atoms in total. The van der Waals surface area contributed by atoms with E-state index >= 15 is 0 Å². The van der Waals surface area contributed by atoms with E-state index in [1.807, 2.05) is 19.1 Å². The number of aryl methyl sites for hydroxylation is 1. The number of anilines is 1. The summed E-state index contributed by atoms with van der Waals surface area (Å²) in [5.74, 6) is 0. The molecule has 0 unspecified atom stereocenters. The predicted octanol–water partition coefficient (Wildman–Crippen LogP) is 5.70. The highest BCUT2D eigenvalue weighted by Crippen LogP contribution is 2.29. The average Bonchev–Trinajstić information content (AvgIpc) is 2.63. The Morgan fingerprint density at radius 1 is 0.885 bits per heavy atom. The van der Waals surface area contributed by atoms with Gasteiger partial charge in [-0.2, -0.15) is 0 Å². The summed E-state index contributed by atoms with van der Waals surface area (Å²) >= 11 is 12.2. The molecule has 6 heteroatoms. The molecule has 3 aromatic carbocycles. The molecule has 0 radical (unpaired) electrons. The average molecular weight is 406 g/mol. The molecule has 0 N–H and O–H groups in total. The second kappa shape index (κ2) is 7.70. The Balaban J connectivity index is 2.09. The molecule has 0 aliphatic heterocycles. The SMILES string of the molecule is Cc1ccc(N(Cc2ccc(Cl)cc2Cl)S(=O)(=O)c2ccccc2)cc1. The van der Waals surface area contributed by atoms with E-state index in [-0.39, 0.29) is 11.4 Å². The molecule has 3 aromatic rings. The largest absolute Gasteiger partial charge is 0.264 e. The summed E-state index contributed by atoms with van der Waals surface area (Å²) in [5.41, 5.74) is 2.30. The minimum atomic E-state index is -3.75. The summed E-state index contributed by atoms with van der Waals surface area (Å²) in [6.45, 7) is 2.06. The molecule has 0 aliphatic carbocycles. The number of rotatable bonds is 5. The van der Waals surface area contributed by atoms with Crippen molar-refractivity contribution in [3.8, 4) is 0 Å². The number of hydrogen-bond donors (Lipinski definition) is 0. The fourth-order valence-corrected chi connectivity index (χ4v) is 4.48. The molecule has 0 saturated carbocycles. The van der Waals surface area contributed by atoms with Crippen molar-refractivity contribution in [2.75, 3.05) is 4.31 Å². The van der Waals surface area contributed by atoms with E-state index in [0.717, 1.165) is 5.56 Å². The molecule has 0 fully saturated rings. The van der Waals surface area contributed by atoms with Crippen molar-refractivity contribution in [1.29, 1.82) is 0 Å². The van der Waals surface area contributed by atoms with Gasteiger partial charge in [-0.1, -0.05) is 65.2 Å². The fraction of sp³-hybridized carbons (Fsp3) is 0.100. The number of benzene rings is 3. The maximum atomic E-state index is 13.3. The molecular formula is C20H17Cl2NO2S. The summed E-state index contributed by atoms with van der Waals surface area (Å²) in [6, 6.07) is 20.8. The second-order valence-electron chi connectivity index (χ2n) is 5.90. The smallest absolute Gasteiger partial charge is 0.262 e. The van der Waals surface area contributed by atoms with Crippen molar-refractivity contribution in [3.05, 3.63) is 94.0 Å². The van der Waals surface area contributed by atoms with E-state index in [0.29, 0.717) is 21.3 Å². The van der Waals surface area contributed by atoms with Crippen LogP contribution in [0.2, 0.25) is 10.0 Å². The van der Waals surface area contributed by atoms with Crippen molar-refractivity contribution in [2.45, 2.75) is 18.4 Å². The van der Waals surface area contributed by atoms with Crippen LogP contribution in [0.15, 0.2) is 77.7 Å². The quantitative estimate of drug-likeness (QED) is 0.545. The fourth-order valence-electron chi connectivity index (χ4n) is 2.55. The van der Waals surface area contributed by atoms with E-state index in [9.17, 15) is 8.42 Å². The van der Waals surface area contributed by atoms with Crippen LogP contribution >= 0.6 is 23.2 Å². The molecule has 0 bridgehead atoms. The monoisotopic (exact) mass is 405 g/mol. The normalized spacial score (nSPS) is 11.3. The molecule has 0 amide bonds. The summed E-state index contributed by atoms with van der Waals surface area (Å²) in [4.78, 5) is 0.227. The highest BCUT2D eigenvalue weighted by atomic mass is 35.5. The van der Waals surface area contributed by atoms with Crippen LogP contribution < -0.4 is 4.31 Å². The van der Waals surface area contributed by atoms with Gasteiger partial charge >= 0.3 is 0 Å². The minimum absolute atomic E-state index is 0.107. The van der Waals surface area contributed by atoms with Gasteiger partial charge in [-0.3, -0.25) is 4.31 Å². The number of halogens is 2. The van der Waals surface area contributed by atoms with Crippen molar-refractivity contribution < 1.29 is 8.42 Å². The first kappa shape index (κ1) is 18.8. The van der Waals surface area contributed by atoms with Gasteiger partial charge < -0.3 is 0 Å². The lowest BCUT2D eigenvalue weighted by Gasteiger charge is -2.25.